The fraction of sp³-hybridized carbons (Fsp3) is 0.765. The quantitative estimate of drug-likeness (QED) is 0.425. The maximum atomic E-state index is 4.82. The molecule has 0 saturated carbocycles. The van der Waals surface area contributed by atoms with Crippen LogP contribution in [0.5, 0.6) is 0 Å². The number of nitrogens with one attached hydrogen (secondary N) is 1. The average molecular weight is 433 g/mol. The van der Waals surface area contributed by atoms with Gasteiger partial charge in [-0.3, -0.25) is 4.99 Å². The molecule has 1 fully saturated rings. The van der Waals surface area contributed by atoms with Crippen LogP contribution >= 0.6 is 24.0 Å². The predicted molar refractivity (Wildman–Crippen MR) is 107 cm³/mol. The van der Waals surface area contributed by atoms with Crippen LogP contribution < -0.4 is 5.32 Å². The van der Waals surface area contributed by atoms with Gasteiger partial charge in [0, 0.05) is 38.6 Å². The first kappa shape index (κ1) is 20.3. The van der Waals surface area contributed by atoms with Gasteiger partial charge in [0.25, 0.3) is 0 Å². The zero-order valence-corrected chi connectivity index (χ0v) is 17.1. The number of piperidine rings is 1. The lowest BCUT2D eigenvalue weighted by atomic mass is 9.78. The Morgan fingerprint density at radius 3 is 2.87 bits per heavy atom. The molecular weight excluding hydrogens is 401 g/mol. The van der Waals surface area contributed by atoms with Crippen molar-refractivity contribution in [3.05, 3.63) is 18.7 Å². The van der Waals surface area contributed by atoms with Gasteiger partial charge in [0.1, 0.15) is 0 Å². The van der Waals surface area contributed by atoms with Crippen molar-refractivity contribution in [3.63, 3.8) is 0 Å². The van der Waals surface area contributed by atoms with Crippen LogP contribution in [-0.4, -0.2) is 46.6 Å². The van der Waals surface area contributed by atoms with Gasteiger partial charge in [-0.2, -0.15) is 0 Å². The summed E-state index contributed by atoms with van der Waals surface area (Å²) in [6.07, 6.45) is 10.8. The van der Waals surface area contributed by atoms with Gasteiger partial charge in [0.15, 0.2) is 5.96 Å². The maximum absolute atomic E-state index is 4.82. The Balaban J connectivity index is 0.00000264. The zero-order valence-electron chi connectivity index (χ0n) is 14.8. The molecule has 1 aromatic rings. The van der Waals surface area contributed by atoms with E-state index in [1.54, 1.807) is 0 Å². The molecule has 1 N–H and O–H groups in total. The van der Waals surface area contributed by atoms with Crippen LogP contribution in [0.25, 0.3) is 0 Å². The zero-order chi connectivity index (χ0) is 15.8. The highest BCUT2D eigenvalue weighted by Crippen LogP contribution is 2.33. The van der Waals surface area contributed by atoms with Gasteiger partial charge in [-0.05, 0) is 31.6 Å². The molecule has 0 aromatic carbocycles. The van der Waals surface area contributed by atoms with E-state index in [1.165, 1.54) is 25.7 Å². The number of guanidine groups is 1. The van der Waals surface area contributed by atoms with Crippen LogP contribution in [0.3, 0.4) is 0 Å². The van der Waals surface area contributed by atoms with Gasteiger partial charge in [-0.1, -0.05) is 20.3 Å². The number of nitrogens with zero attached hydrogens (tertiary/aromatic N) is 4. The Hall–Kier alpha value is -0.790. The van der Waals surface area contributed by atoms with Crippen molar-refractivity contribution in [3.8, 4) is 0 Å². The molecule has 1 saturated heterocycles. The van der Waals surface area contributed by atoms with Gasteiger partial charge in [-0.25, -0.2) is 4.98 Å². The van der Waals surface area contributed by atoms with E-state index in [1.807, 2.05) is 18.7 Å². The molecule has 0 spiro atoms. The smallest absolute Gasteiger partial charge is 0.193 e. The van der Waals surface area contributed by atoms with E-state index in [2.05, 4.69) is 40.5 Å². The lowest BCUT2D eigenvalue weighted by Gasteiger charge is -2.42. The first-order valence-electron chi connectivity index (χ1n) is 8.66. The van der Waals surface area contributed by atoms with Crippen LogP contribution in [0.1, 0.15) is 46.5 Å². The molecular formula is C17H32IN5. The van der Waals surface area contributed by atoms with Crippen molar-refractivity contribution in [2.24, 2.45) is 10.4 Å². The highest BCUT2D eigenvalue weighted by molar-refractivity contribution is 14.0. The SMILES string of the molecule is CCCC1(C)CCCN(C(=NCCn2ccnc2)NCC)C1.I. The van der Waals surface area contributed by atoms with Crippen molar-refractivity contribution >= 4 is 29.9 Å². The second-order valence-corrected chi connectivity index (χ2v) is 6.62. The fourth-order valence-corrected chi connectivity index (χ4v) is 3.42. The van der Waals surface area contributed by atoms with Crippen molar-refractivity contribution < 1.29 is 0 Å². The highest BCUT2D eigenvalue weighted by atomic mass is 127. The number of halogens is 1. The van der Waals surface area contributed by atoms with E-state index in [4.69, 9.17) is 4.99 Å². The van der Waals surface area contributed by atoms with Gasteiger partial charge in [-0.15, -0.1) is 24.0 Å². The number of aromatic nitrogens is 2. The van der Waals surface area contributed by atoms with Crippen molar-refractivity contribution in [1.29, 1.82) is 0 Å². The standard InChI is InChI=1S/C17H31N5.HI/c1-4-7-17(3)8-6-11-22(14-17)16(19-5-2)20-10-13-21-12-9-18-15-21;/h9,12,15H,4-8,10-11,13-14H2,1-3H3,(H,19,20);1H. The molecule has 0 aliphatic carbocycles. The molecule has 0 bridgehead atoms. The lowest BCUT2D eigenvalue weighted by molar-refractivity contribution is 0.142. The topological polar surface area (TPSA) is 45.5 Å². The van der Waals surface area contributed by atoms with Gasteiger partial charge < -0.3 is 14.8 Å². The third kappa shape index (κ3) is 6.31. The summed E-state index contributed by atoms with van der Waals surface area (Å²) in [6, 6.07) is 0. The van der Waals surface area contributed by atoms with Crippen LogP contribution in [0.4, 0.5) is 0 Å². The summed E-state index contributed by atoms with van der Waals surface area (Å²) in [5.74, 6) is 1.07. The van der Waals surface area contributed by atoms with E-state index in [0.29, 0.717) is 5.41 Å². The van der Waals surface area contributed by atoms with E-state index in [9.17, 15) is 0 Å². The third-order valence-electron chi connectivity index (χ3n) is 4.45. The number of likely N-dealkylation sites (tertiary alicyclic amines) is 1. The number of imidazole rings is 1. The lowest BCUT2D eigenvalue weighted by Crippen LogP contribution is -2.49. The van der Waals surface area contributed by atoms with Gasteiger partial charge in [0.05, 0.1) is 12.9 Å². The van der Waals surface area contributed by atoms with Crippen molar-refractivity contribution in [1.82, 2.24) is 19.8 Å². The molecule has 132 valence electrons. The predicted octanol–water partition coefficient (Wildman–Crippen LogP) is 3.37. The summed E-state index contributed by atoms with van der Waals surface area (Å²) in [4.78, 5) is 11.3. The number of rotatable bonds is 6. The number of hydrogen-bond acceptors (Lipinski definition) is 2. The van der Waals surface area contributed by atoms with E-state index in [-0.39, 0.29) is 24.0 Å². The summed E-state index contributed by atoms with van der Waals surface area (Å²) in [7, 11) is 0. The van der Waals surface area contributed by atoms with Crippen LogP contribution in [-0.2, 0) is 6.54 Å². The molecule has 5 nitrogen and oxygen atoms in total. The highest BCUT2D eigenvalue weighted by Gasteiger charge is 2.31. The molecule has 1 unspecified atom stereocenters. The van der Waals surface area contributed by atoms with Crippen molar-refractivity contribution in [2.45, 2.75) is 53.0 Å². The molecule has 1 aromatic heterocycles. The molecule has 2 rings (SSSR count). The molecule has 6 heteroatoms. The first-order valence-corrected chi connectivity index (χ1v) is 8.66. The largest absolute Gasteiger partial charge is 0.357 e. The molecule has 1 atom stereocenters. The Labute approximate surface area is 158 Å². The summed E-state index contributed by atoms with van der Waals surface area (Å²) in [5, 5.41) is 3.46. The number of aliphatic imine (C=N–C) groups is 1. The average Bonchev–Trinajstić information content (AvgIpc) is 2.99. The van der Waals surface area contributed by atoms with Crippen LogP contribution in [0.15, 0.2) is 23.7 Å². The Bertz CT molecular complexity index is 456. The summed E-state index contributed by atoms with van der Waals surface area (Å²) < 4.78 is 2.07. The first-order chi connectivity index (χ1) is 10.7. The molecule has 1 aliphatic heterocycles. The minimum absolute atomic E-state index is 0. The third-order valence-corrected chi connectivity index (χ3v) is 4.45. The van der Waals surface area contributed by atoms with E-state index >= 15 is 0 Å². The van der Waals surface area contributed by atoms with Crippen LogP contribution in [0, 0.1) is 5.41 Å². The van der Waals surface area contributed by atoms with E-state index < -0.39 is 0 Å². The van der Waals surface area contributed by atoms with Gasteiger partial charge >= 0.3 is 0 Å². The monoisotopic (exact) mass is 433 g/mol. The summed E-state index contributed by atoms with van der Waals surface area (Å²) in [6.45, 7) is 11.7. The Kier molecular flexibility index (Phi) is 8.94. The maximum Gasteiger partial charge on any atom is 0.193 e. The minimum atomic E-state index is 0. The molecule has 23 heavy (non-hydrogen) atoms. The number of hydrogen-bond donors (Lipinski definition) is 1. The second kappa shape index (κ2) is 10.2. The minimum Gasteiger partial charge on any atom is -0.357 e. The second-order valence-electron chi connectivity index (χ2n) is 6.62. The van der Waals surface area contributed by atoms with Gasteiger partial charge in [0.2, 0.25) is 0 Å². The van der Waals surface area contributed by atoms with Crippen LogP contribution in [0.2, 0.25) is 0 Å². The van der Waals surface area contributed by atoms with Crippen molar-refractivity contribution in [2.75, 3.05) is 26.2 Å². The molecule has 1 aliphatic rings. The molecule has 0 radical (unpaired) electrons. The summed E-state index contributed by atoms with van der Waals surface area (Å²) in [5.41, 5.74) is 0.438. The Morgan fingerprint density at radius 2 is 2.22 bits per heavy atom. The Morgan fingerprint density at radius 1 is 1.39 bits per heavy atom. The summed E-state index contributed by atoms with van der Waals surface area (Å²) >= 11 is 0. The van der Waals surface area contributed by atoms with E-state index in [0.717, 1.165) is 38.7 Å². The molecule has 0 amide bonds. The fourth-order valence-electron chi connectivity index (χ4n) is 3.42. The molecule has 2 heterocycles. The normalized spacial score (nSPS) is 21.9.